The minimum atomic E-state index is 0.465. The molecule has 5 nitrogen and oxygen atoms in total. The molecule has 0 atom stereocenters. The molecule has 0 bridgehead atoms. The van der Waals surface area contributed by atoms with E-state index in [1.807, 2.05) is 37.3 Å². The number of pyridine rings is 2. The first-order chi connectivity index (χ1) is 9.79. The Morgan fingerprint density at radius 3 is 2.20 bits per heavy atom. The summed E-state index contributed by atoms with van der Waals surface area (Å²) in [7, 11) is 0. The first-order valence-electron chi connectivity index (χ1n) is 6.04. The smallest absolute Gasteiger partial charge is 0.140 e. The maximum Gasteiger partial charge on any atom is 0.140 e. The standard InChI is InChI=1S/C9H9N3.C6H4N2/c1-7-6-9(12-11-7)8-4-2-3-5-10-8;7-5-6-3-1-2-4-8-6/h2-6H,1H3,(H,11,12);1-4H. The van der Waals surface area contributed by atoms with Gasteiger partial charge in [0.2, 0.25) is 0 Å². The van der Waals surface area contributed by atoms with Gasteiger partial charge >= 0.3 is 0 Å². The van der Waals surface area contributed by atoms with E-state index >= 15 is 0 Å². The normalized spacial score (nSPS) is 9.20. The number of rotatable bonds is 1. The van der Waals surface area contributed by atoms with E-state index in [0.29, 0.717) is 5.69 Å². The van der Waals surface area contributed by atoms with E-state index in [1.165, 1.54) is 0 Å². The minimum absolute atomic E-state index is 0.465. The maximum absolute atomic E-state index is 8.23. The van der Waals surface area contributed by atoms with E-state index in [9.17, 15) is 0 Å². The predicted octanol–water partition coefficient (Wildman–Crippen LogP) is 2.73. The van der Waals surface area contributed by atoms with Crippen LogP contribution < -0.4 is 0 Å². The van der Waals surface area contributed by atoms with E-state index in [4.69, 9.17) is 5.26 Å². The van der Waals surface area contributed by atoms with Gasteiger partial charge in [0.15, 0.2) is 0 Å². The van der Waals surface area contributed by atoms with Crippen LogP contribution in [0, 0.1) is 18.3 Å². The topological polar surface area (TPSA) is 78.2 Å². The van der Waals surface area contributed by atoms with Crippen LogP contribution in [0.4, 0.5) is 0 Å². The number of aryl methyl sites for hydroxylation is 1. The number of aromatic nitrogens is 4. The molecule has 3 heterocycles. The number of hydrogen-bond donors (Lipinski definition) is 1. The average Bonchev–Trinajstić information content (AvgIpc) is 2.96. The second kappa shape index (κ2) is 6.81. The van der Waals surface area contributed by atoms with E-state index in [-0.39, 0.29) is 0 Å². The minimum Gasteiger partial charge on any atom is -0.282 e. The zero-order chi connectivity index (χ0) is 14.2. The SMILES string of the molecule is Cc1cc(-c2ccccn2)n[nH]1.N#Cc1ccccn1. The molecule has 3 aromatic rings. The highest BCUT2D eigenvalue weighted by Gasteiger charge is 2.00. The van der Waals surface area contributed by atoms with Crippen LogP contribution in [0.2, 0.25) is 0 Å². The second-order valence-corrected chi connectivity index (χ2v) is 3.98. The fraction of sp³-hybridized carbons (Fsp3) is 0.0667. The van der Waals surface area contributed by atoms with Crippen molar-refractivity contribution < 1.29 is 0 Å². The Morgan fingerprint density at radius 2 is 1.75 bits per heavy atom. The molecule has 0 saturated carbocycles. The van der Waals surface area contributed by atoms with Gasteiger partial charge in [-0.2, -0.15) is 10.4 Å². The van der Waals surface area contributed by atoms with Gasteiger partial charge in [0.1, 0.15) is 17.5 Å². The fourth-order valence-corrected chi connectivity index (χ4v) is 1.49. The van der Waals surface area contributed by atoms with E-state index in [0.717, 1.165) is 17.1 Å². The van der Waals surface area contributed by atoms with Crippen LogP contribution in [-0.4, -0.2) is 20.2 Å². The van der Waals surface area contributed by atoms with Gasteiger partial charge in [-0.05, 0) is 37.3 Å². The summed E-state index contributed by atoms with van der Waals surface area (Å²) in [6, 6.07) is 14.9. The molecule has 20 heavy (non-hydrogen) atoms. The first-order valence-corrected chi connectivity index (χ1v) is 6.04. The number of nitrogens with zero attached hydrogens (tertiary/aromatic N) is 4. The summed E-state index contributed by atoms with van der Waals surface area (Å²) in [5, 5.41) is 15.2. The Kier molecular flexibility index (Phi) is 4.57. The summed E-state index contributed by atoms with van der Waals surface area (Å²) < 4.78 is 0. The number of aromatic amines is 1. The molecule has 1 N–H and O–H groups in total. The lowest BCUT2D eigenvalue weighted by Crippen LogP contribution is -1.80. The van der Waals surface area contributed by atoms with Gasteiger partial charge in [-0.3, -0.25) is 10.1 Å². The summed E-state index contributed by atoms with van der Waals surface area (Å²) >= 11 is 0. The van der Waals surface area contributed by atoms with Crippen LogP contribution in [0.15, 0.2) is 54.9 Å². The van der Waals surface area contributed by atoms with Gasteiger partial charge in [0.25, 0.3) is 0 Å². The van der Waals surface area contributed by atoms with E-state index < -0.39 is 0 Å². The van der Waals surface area contributed by atoms with Crippen LogP contribution in [0.1, 0.15) is 11.4 Å². The van der Waals surface area contributed by atoms with Crippen LogP contribution >= 0.6 is 0 Å². The third-order valence-corrected chi connectivity index (χ3v) is 2.41. The zero-order valence-electron chi connectivity index (χ0n) is 11.0. The molecule has 0 spiro atoms. The highest BCUT2D eigenvalue weighted by molar-refractivity contribution is 5.53. The molecule has 0 aliphatic rings. The molecular weight excluding hydrogens is 250 g/mol. The molecule has 0 fully saturated rings. The van der Waals surface area contributed by atoms with Crippen molar-refractivity contribution in [1.82, 2.24) is 20.2 Å². The van der Waals surface area contributed by atoms with Crippen molar-refractivity contribution in [3.05, 3.63) is 66.2 Å². The van der Waals surface area contributed by atoms with Gasteiger partial charge < -0.3 is 0 Å². The quantitative estimate of drug-likeness (QED) is 0.732. The van der Waals surface area contributed by atoms with Crippen LogP contribution in [0.25, 0.3) is 11.4 Å². The molecule has 0 aliphatic carbocycles. The van der Waals surface area contributed by atoms with Gasteiger partial charge in [-0.25, -0.2) is 4.98 Å². The predicted molar refractivity (Wildman–Crippen MR) is 75.5 cm³/mol. The van der Waals surface area contributed by atoms with Gasteiger partial charge in [0.05, 0.1) is 5.69 Å². The summed E-state index contributed by atoms with van der Waals surface area (Å²) in [5.41, 5.74) is 3.32. The Morgan fingerprint density at radius 1 is 1.00 bits per heavy atom. The molecule has 3 rings (SSSR count). The van der Waals surface area contributed by atoms with Crippen LogP contribution in [-0.2, 0) is 0 Å². The maximum atomic E-state index is 8.23. The Hall–Kier alpha value is -3.00. The summed E-state index contributed by atoms with van der Waals surface area (Å²) in [4.78, 5) is 7.92. The molecule has 0 aliphatic heterocycles. The Bertz CT molecular complexity index is 683. The third kappa shape index (κ3) is 3.75. The fourth-order valence-electron chi connectivity index (χ4n) is 1.49. The van der Waals surface area contributed by atoms with Crippen molar-refractivity contribution in [3.8, 4) is 17.5 Å². The highest BCUT2D eigenvalue weighted by atomic mass is 15.1. The molecular formula is C15H13N5. The Balaban J connectivity index is 0.000000160. The van der Waals surface area contributed by atoms with Gasteiger partial charge in [0, 0.05) is 18.1 Å². The molecule has 0 radical (unpaired) electrons. The number of H-pyrrole nitrogens is 1. The molecule has 0 saturated heterocycles. The molecule has 0 amide bonds. The van der Waals surface area contributed by atoms with Crippen molar-refractivity contribution in [2.75, 3.05) is 0 Å². The lowest BCUT2D eigenvalue weighted by molar-refractivity contribution is 1.04. The van der Waals surface area contributed by atoms with Crippen molar-refractivity contribution in [3.63, 3.8) is 0 Å². The van der Waals surface area contributed by atoms with Crippen molar-refractivity contribution in [2.24, 2.45) is 0 Å². The molecule has 3 aromatic heterocycles. The zero-order valence-corrected chi connectivity index (χ0v) is 11.0. The van der Waals surface area contributed by atoms with Crippen LogP contribution in [0.5, 0.6) is 0 Å². The number of nitrogens with one attached hydrogen (secondary N) is 1. The van der Waals surface area contributed by atoms with Crippen LogP contribution in [0.3, 0.4) is 0 Å². The molecule has 0 aromatic carbocycles. The second-order valence-electron chi connectivity index (χ2n) is 3.98. The highest BCUT2D eigenvalue weighted by Crippen LogP contribution is 2.12. The van der Waals surface area contributed by atoms with Crippen molar-refractivity contribution in [1.29, 1.82) is 5.26 Å². The van der Waals surface area contributed by atoms with Crippen molar-refractivity contribution >= 4 is 0 Å². The third-order valence-electron chi connectivity index (χ3n) is 2.41. The molecule has 0 unspecified atom stereocenters. The number of nitriles is 1. The lowest BCUT2D eigenvalue weighted by Gasteiger charge is -1.91. The molecule has 5 heteroatoms. The largest absolute Gasteiger partial charge is 0.282 e. The van der Waals surface area contributed by atoms with Crippen molar-refractivity contribution in [2.45, 2.75) is 6.92 Å². The Labute approximate surface area is 117 Å². The monoisotopic (exact) mass is 263 g/mol. The molecule has 98 valence electrons. The number of hydrogen-bond acceptors (Lipinski definition) is 4. The summed E-state index contributed by atoms with van der Waals surface area (Å²) in [5.74, 6) is 0. The summed E-state index contributed by atoms with van der Waals surface area (Å²) in [6.45, 7) is 1.97. The van der Waals surface area contributed by atoms with E-state index in [2.05, 4.69) is 20.2 Å². The lowest BCUT2D eigenvalue weighted by atomic mass is 10.2. The van der Waals surface area contributed by atoms with Gasteiger partial charge in [-0.1, -0.05) is 12.1 Å². The first kappa shape index (κ1) is 13.4. The van der Waals surface area contributed by atoms with Gasteiger partial charge in [-0.15, -0.1) is 0 Å². The summed E-state index contributed by atoms with van der Waals surface area (Å²) in [6.07, 6.45) is 3.36. The van der Waals surface area contributed by atoms with E-state index in [1.54, 1.807) is 30.6 Å². The average molecular weight is 263 g/mol.